The summed E-state index contributed by atoms with van der Waals surface area (Å²) in [5.74, 6) is 1.47. The molecule has 0 aromatic heterocycles. The molecule has 7 aliphatic carbocycles. The number of Topliss-reactive ketones (excluding diaryl/α,β-unsaturated/α-hetero) is 2. The second-order valence-corrected chi connectivity index (χ2v) is 13.4. The second kappa shape index (κ2) is 16.7. The number of aliphatic hydroxyl groups excluding tert-OH is 2. The lowest BCUT2D eigenvalue weighted by Gasteiger charge is -2.19. The minimum atomic E-state index is -1.39. The van der Waals surface area contributed by atoms with E-state index in [0.29, 0.717) is 71.7 Å². The summed E-state index contributed by atoms with van der Waals surface area (Å²) in [6.45, 7) is 9.37. The number of benzene rings is 6. The van der Waals surface area contributed by atoms with E-state index < -0.39 is 23.8 Å². The van der Waals surface area contributed by atoms with Crippen LogP contribution in [0.1, 0.15) is 71.7 Å². The molecule has 6 aromatic carbocycles. The molecule has 56 heavy (non-hydrogen) atoms. The van der Waals surface area contributed by atoms with E-state index in [1.165, 1.54) is 0 Å². The molecule has 0 saturated carbocycles. The van der Waals surface area contributed by atoms with Gasteiger partial charge in [0, 0.05) is 11.1 Å². The van der Waals surface area contributed by atoms with Gasteiger partial charge < -0.3 is 29.2 Å². The number of rotatable bonds is 8. The van der Waals surface area contributed by atoms with Gasteiger partial charge in [-0.25, -0.2) is 0 Å². The Morgan fingerprint density at radius 1 is 0.375 bits per heavy atom. The van der Waals surface area contributed by atoms with Crippen LogP contribution in [0.25, 0.3) is 44.5 Å². The van der Waals surface area contributed by atoms with Crippen LogP contribution in [-0.4, -0.2) is 48.2 Å². The zero-order chi connectivity index (χ0) is 39.3. The lowest BCUT2D eigenvalue weighted by atomic mass is 9.89. The van der Waals surface area contributed by atoms with Gasteiger partial charge in [-0.1, -0.05) is 97.1 Å². The summed E-state index contributed by atoms with van der Waals surface area (Å²) >= 11 is 0. The fraction of sp³-hybridized carbons (Fsp3) is 0.208. The van der Waals surface area contributed by atoms with Crippen LogP contribution in [0.15, 0.2) is 121 Å². The quantitative estimate of drug-likeness (QED) is 0.158. The van der Waals surface area contributed by atoms with Crippen LogP contribution in [0.3, 0.4) is 0 Å². The van der Waals surface area contributed by atoms with Gasteiger partial charge >= 0.3 is 0 Å². The number of ether oxygens (including phenoxy) is 4. The lowest BCUT2D eigenvalue weighted by Crippen LogP contribution is -2.12. The minimum absolute atomic E-state index is 0.360. The van der Waals surface area contributed by atoms with Gasteiger partial charge in [-0.3, -0.25) is 9.59 Å². The predicted octanol–water partition coefficient (Wildman–Crippen LogP) is 10.1. The Balaban J connectivity index is 1.39. The molecule has 2 N–H and O–H groups in total. The summed E-state index contributed by atoms with van der Waals surface area (Å²) < 4.78 is 23.9. The molecule has 8 bridgehead atoms. The fourth-order valence-electron chi connectivity index (χ4n) is 7.08. The van der Waals surface area contributed by atoms with E-state index in [-0.39, 0.29) is 0 Å². The van der Waals surface area contributed by atoms with Crippen molar-refractivity contribution >= 4 is 11.6 Å². The molecule has 7 aliphatic rings. The Labute approximate surface area is 326 Å². The van der Waals surface area contributed by atoms with E-state index in [1.54, 1.807) is 48.5 Å². The van der Waals surface area contributed by atoms with Crippen molar-refractivity contribution in [2.75, 3.05) is 26.4 Å². The summed E-state index contributed by atoms with van der Waals surface area (Å²) in [5.41, 5.74) is 8.21. The van der Waals surface area contributed by atoms with Gasteiger partial charge in [0.05, 0.1) is 26.4 Å². The standard InChI is InChI=1S/C48H44O8/c1-5-53-41-25-37-29-9-17-33(18-10-29)45(49)47(51)35-21-13-31(14-22-35)39-27-43(55-7-3)44(56-8-4)28-40(39)32-15-23-36(24-16-32)48(52)46(50)34-19-11-30(12-20-34)38(37)26-42(41)54-6-2/h9-28,45,48-49,52H,5-8H2,1-4H3/t45-,48+. The van der Waals surface area contributed by atoms with Crippen LogP contribution >= 0.6 is 0 Å². The molecule has 0 amide bonds. The number of ketones is 2. The maximum absolute atomic E-state index is 13.7. The smallest absolute Gasteiger partial charge is 0.195 e. The van der Waals surface area contributed by atoms with Gasteiger partial charge in [0.1, 0.15) is 12.2 Å². The third kappa shape index (κ3) is 7.54. The lowest BCUT2D eigenvalue weighted by molar-refractivity contribution is 0.0743. The van der Waals surface area contributed by atoms with Crippen molar-refractivity contribution in [3.05, 3.63) is 144 Å². The summed E-state index contributed by atoms with van der Waals surface area (Å²) in [6, 6.07) is 36.4. The molecule has 8 nitrogen and oxygen atoms in total. The highest BCUT2D eigenvalue weighted by molar-refractivity contribution is 6.02. The van der Waals surface area contributed by atoms with E-state index in [4.69, 9.17) is 18.9 Å². The Morgan fingerprint density at radius 2 is 0.589 bits per heavy atom. The van der Waals surface area contributed by atoms with Crippen molar-refractivity contribution < 1.29 is 38.7 Å². The number of hydrogen-bond acceptors (Lipinski definition) is 8. The van der Waals surface area contributed by atoms with Gasteiger partial charge in [-0.05, 0) is 108 Å². The van der Waals surface area contributed by atoms with Crippen LogP contribution in [0.5, 0.6) is 23.0 Å². The molecule has 0 unspecified atom stereocenters. The van der Waals surface area contributed by atoms with Crippen LogP contribution < -0.4 is 18.9 Å². The SMILES string of the molecule is CCOc1cc2c(cc1OCC)-c1ccc(cc1)[C@@H](O)C(=O)c1ccc(cc1)-c1cc(OCC)c(OCC)cc1-c1ccc(cc1)[C@H](O)C(=O)c1ccc-2cc1. The molecule has 6 aromatic rings. The molecule has 0 radical (unpaired) electrons. The summed E-state index contributed by atoms with van der Waals surface area (Å²) in [4.78, 5) is 27.4. The maximum atomic E-state index is 13.7. The largest absolute Gasteiger partial charge is 0.490 e. The highest BCUT2D eigenvalue weighted by Crippen LogP contribution is 2.44. The molecule has 0 heterocycles. The highest BCUT2D eigenvalue weighted by Gasteiger charge is 2.24. The first-order valence-corrected chi connectivity index (χ1v) is 19.0. The normalized spacial score (nSPS) is 15.0. The van der Waals surface area contributed by atoms with Crippen molar-refractivity contribution in [2.45, 2.75) is 39.9 Å². The third-order valence-electron chi connectivity index (χ3n) is 9.90. The van der Waals surface area contributed by atoms with Gasteiger partial charge in [0.2, 0.25) is 0 Å². The third-order valence-corrected chi connectivity index (χ3v) is 9.90. The number of carbonyl (C=O) groups is 2. The molecule has 8 heteroatoms. The molecule has 0 fully saturated rings. The van der Waals surface area contributed by atoms with Crippen molar-refractivity contribution in [3.63, 3.8) is 0 Å². The predicted molar refractivity (Wildman–Crippen MR) is 218 cm³/mol. The van der Waals surface area contributed by atoms with Crippen LogP contribution in [0.2, 0.25) is 0 Å². The molecule has 13 rings (SSSR count). The van der Waals surface area contributed by atoms with Crippen molar-refractivity contribution in [3.8, 4) is 67.5 Å². The maximum Gasteiger partial charge on any atom is 0.195 e. The Hall–Kier alpha value is -6.22. The van der Waals surface area contributed by atoms with Crippen LogP contribution in [0, 0.1) is 0 Å². The second-order valence-electron chi connectivity index (χ2n) is 13.4. The first-order chi connectivity index (χ1) is 27.2. The van der Waals surface area contributed by atoms with Crippen molar-refractivity contribution in [2.24, 2.45) is 0 Å². The van der Waals surface area contributed by atoms with E-state index in [0.717, 1.165) is 44.5 Å². The summed E-state index contributed by atoms with van der Waals surface area (Å²) in [7, 11) is 0. The first-order valence-electron chi connectivity index (χ1n) is 19.0. The molecular weight excluding hydrogens is 705 g/mol. The Kier molecular flexibility index (Phi) is 11.3. The molecule has 284 valence electrons. The Bertz CT molecular complexity index is 2180. The zero-order valence-corrected chi connectivity index (χ0v) is 31.9. The molecule has 2 atom stereocenters. The Morgan fingerprint density at radius 3 is 0.821 bits per heavy atom. The topological polar surface area (TPSA) is 112 Å². The average Bonchev–Trinajstić information content (AvgIpc) is 3.24. The fourth-order valence-corrected chi connectivity index (χ4v) is 7.08. The summed E-state index contributed by atoms with van der Waals surface area (Å²) in [6.07, 6.45) is -2.77. The molecule has 0 saturated heterocycles. The molecular formula is C48H44O8. The van der Waals surface area contributed by atoms with E-state index in [9.17, 15) is 19.8 Å². The van der Waals surface area contributed by atoms with Crippen molar-refractivity contribution in [1.29, 1.82) is 0 Å². The van der Waals surface area contributed by atoms with Gasteiger partial charge in [-0.2, -0.15) is 0 Å². The van der Waals surface area contributed by atoms with Crippen LogP contribution in [-0.2, 0) is 0 Å². The van der Waals surface area contributed by atoms with E-state index in [2.05, 4.69) is 0 Å². The van der Waals surface area contributed by atoms with Crippen molar-refractivity contribution in [1.82, 2.24) is 0 Å². The highest BCUT2D eigenvalue weighted by atomic mass is 16.5. The van der Waals surface area contributed by atoms with Gasteiger partial charge in [-0.15, -0.1) is 0 Å². The summed E-state index contributed by atoms with van der Waals surface area (Å²) in [5, 5.41) is 22.7. The monoisotopic (exact) mass is 748 g/mol. The molecule has 0 aliphatic heterocycles. The number of carbonyl (C=O) groups excluding carboxylic acids is 2. The average molecular weight is 749 g/mol. The van der Waals surface area contributed by atoms with Gasteiger partial charge in [0.15, 0.2) is 34.6 Å². The van der Waals surface area contributed by atoms with E-state index in [1.807, 2.05) is 100 Å². The zero-order valence-electron chi connectivity index (χ0n) is 31.9. The number of hydrogen-bond donors (Lipinski definition) is 2. The van der Waals surface area contributed by atoms with E-state index >= 15 is 0 Å². The first kappa shape index (κ1) is 38.1. The van der Waals surface area contributed by atoms with Gasteiger partial charge in [0.25, 0.3) is 0 Å². The van der Waals surface area contributed by atoms with Crippen LogP contribution in [0.4, 0.5) is 0 Å². The number of aliphatic hydroxyl groups is 2. The minimum Gasteiger partial charge on any atom is -0.490 e. The molecule has 0 spiro atoms.